The van der Waals surface area contributed by atoms with Crippen LogP contribution in [0.4, 0.5) is 0 Å². The van der Waals surface area contributed by atoms with E-state index in [0.717, 1.165) is 34.3 Å². The molecule has 23 heavy (non-hydrogen) atoms. The molecule has 0 heterocycles. The van der Waals surface area contributed by atoms with Gasteiger partial charge < -0.3 is 4.74 Å². The van der Waals surface area contributed by atoms with Crippen LogP contribution in [0.1, 0.15) is 28.4 Å². The molecule has 0 bridgehead atoms. The largest absolute Gasteiger partial charge is 0.377 e. The Kier molecular flexibility index (Phi) is 4.54. The molecule has 0 N–H and O–H groups in total. The Labute approximate surface area is 137 Å². The van der Waals surface area contributed by atoms with Crippen molar-refractivity contribution in [1.82, 2.24) is 0 Å². The van der Waals surface area contributed by atoms with Crippen LogP contribution in [0.3, 0.4) is 0 Å². The summed E-state index contributed by atoms with van der Waals surface area (Å²) in [6.45, 7) is 1.98. The highest BCUT2D eigenvalue weighted by molar-refractivity contribution is 6.13. The molecule has 1 aliphatic rings. The minimum atomic E-state index is -0.0864. The van der Waals surface area contributed by atoms with Gasteiger partial charge in [-0.15, -0.1) is 0 Å². The first kappa shape index (κ1) is 15.4. The highest BCUT2D eigenvalue weighted by Crippen LogP contribution is 2.27. The fourth-order valence-electron chi connectivity index (χ4n) is 2.94. The number of ketones is 1. The highest BCUT2D eigenvalue weighted by atomic mass is 16.5. The molecule has 0 amide bonds. The number of allylic oxidation sites excluding steroid dienone is 2. The van der Waals surface area contributed by atoms with Crippen LogP contribution in [0.5, 0.6) is 0 Å². The first-order valence-corrected chi connectivity index (χ1v) is 7.80. The van der Waals surface area contributed by atoms with Crippen molar-refractivity contribution in [3.63, 3.8) is 0 Å². The number of ether oxygens (including phenoxy) is 1. The van der Waals surface area contributed by atoms with Gasteiger partial charge in [0.2, 0.25) is 0 Å². The van der Waals surface area contributed by atoms with Crippen LogP contribution in [-0.2, 0) is 11.2 Å². The Morgan fingerprint density at radius 2 is 1.78 bits per heavy atom. The van der Waals surface area contributed by atoms with Crippen LogP contribution in [-0.4, -0.2) is 19.0 Å². The zero-order valence-corrected chi connectivity index (χ0v) is 13.5. The predicted molar refractivity (Wildman–Crippen MR) is 93.4 cm³/mol. The predicted octanol–water partition coefficient (Wildman–Crippen LogP) is 4.47. The molecule has 3 rings (SSSR count). The monoisotopic (exact) mass is 304 g/mol. The van der Waals surface area contributed by atoms with Crippen molar-refractivity contribution in [2.45, 2.75) is 19.4 Å². The maximum atomic E-state index is 13.0. The molecule has 116 valence electrons. The van der Waals surface area contributed by atoms with E-state index in [9.17, 15) is 4.79 Å². The normalized spacial score (nSPS) is 18.2. The second kappa shape index (κ2) is 6.76. The van der Waals surface area contributed by atoms with E-state index in [1.165, 1.54) is 0 Å². The number of rotatable bonds is 3. The lowest BCUT2D eigenvalue weighted by Gasteiger charge is -2.10. The van der Waals surface area contributed by atoms with Gasteiger partial charge in [-0.1, -0.05) is 60.7 Å². The standard InChI is InChI=1S/C21H20O2/c1-15(12-16-8-4-3-5-9-16)20-14-18(23-2)13-17-10-6-7-11-19(17)21(20)22/h3-12,14,18H,13H2,1-2H3/b15-12+. The number of hydrogen-bond donors (Lipinski definition) is 0. The fraction of sp³-hybridized carbons (Fsp3) is 0.190. The number of methoxy groups -OCH3 is 1. The Hall–Kier alpha value is -2.45. The summed E-state index contributed by atoms with van der Waals surface area (Å²) in [5.41, 5.74) is 4.60. The third-order valence-corrected chi connectivity index (χ3v) is 4.19. The maximum Gasteiger partial charge on any atom is 0.193 e. The minimum Gasteiger partial charge on any atom is -0.377 e. The van der Waals surface area contributed by atoms with Gasteiger partial charge in [0, 0.05) is 24.7 Å². The zero-order valence-electron chi connectivity index (χ0n) is 13.5. The molecular weight excluding hydrogens is 284 g/mol. The van der Waals surface area contributed by atoms with Crippen molar-refractivity contribution >= 4 is 11.9 Å². The third-order valence-electron chi connectivity index (χ3n) is 4.19. The number of carbonyl (C=O) groups excluding carboxylic acids is 1. The van der Waals surface area contributed by atoms with E-state index in [4.69, 9.17) is 4.74 Å². The lowest BCUT2D eigenvalue weighted by Crippen LogP contribution is -2.10. The second-order valence-electron chi connectivity index (χ2n) is 5.78. The second-order valence-corrected chi connectivity index (χ2v) is 5.78. The molecule has 0 saturated carbocycles. The van der Waals surface area contributed by atoms with E-state index in [1.54, 1.807) is 7.11 Å². The molecule has 0 saturated heterocycles. The van der Waals surface area contributed by atoms with E-state index in [0.29, 0.717) is 0 Å². The molecule has 2 aromatic carbocycles. The molecular formula is C21H20O2. The van der Waals surface area contributed by atoms with Gasteiger partial charge in [-0.2, -0.15) is 0 Å². The summed E-state index contributed by atoms with van der Waals surface area (Å²) in [4.78, 5) is 13.0. The lowest BCUT2D eigenvalue weighted by atomic mass is 9.95. The first-order valence-electron chi connectivity index (χ1n) is 7.80. The third kappa shape index (κ3) is 3.33. The van der Waals surface area contributed by atoms with E-state index >= 15 is 0 Å². The molecule has 0 spiro atoms. The van der Waals surface area contributed by atoms with Crippen LogP contribution in [0.15, 0.2) is 71.8 Å². The molecule has 1 aliphatic carbocycles. The van der Waals surface area contributed by atoms with Crippen LogP contribution in [0.25, 0.3) is 6.08 Å². The number of hydrogen-bond acceptors (Lipinski definition) is 2. The molecule has 0 aliphatic heterocycles. The quantitative estimate of drug-likeness (QED) is 0.836. The van der Waals surface area contributed by atoms with Crippen LogP contribution in [0.2, 0.25) is 0 Å². The number of carbonyl (C=O) groups is 1. The van der Waals surface area contributed by atoms with Crippen molar-refractivity contribution in [3.05, 3.63) is 88.5 Å². The molecule has 2 heteroatoms. The zero-order chi connectivity index (χ0) is 16.2. The van der Waals surface area contributed by atoms with E-state index in [-0.39, 0.29) is 11.9 Å². The summed E-state index contributed by atoms with van der Waals surface area (Å²) in [7, 11) is 1.69. The van der Waals surface area contributed by atoms with Crippen molar-refractivity contribution in [3.8, 4) is 0 Å². The van der Waals surface area contributed by atoms with Crippen LogP contribution < -0.4 is 0 Å². The van der Waals surface area contributed by atoms with Gasteiger partial charge in [0.15, 0.2) is 5.78 Å². The molecule has 0 aromatic heterocycles. The highest BCUT2D eigenvalue weighted by Gasteiger charge is 2.23. The summed E-state index contributed by atoms with van der Waals surface area (Å²) < 4.78 is 5.55. The Bertz CT molecular complexity index is 769. The van der Waals surface area contributed by atoms with Gasteiger partial charge in [0.25, 0.3) is 0 Å². The average Bonchev–Trinajstić information content (AvgIpc) is 2.73. The molecule has 1 atom stereocenters. The molecule has 2 aromatic rings. The van der Waals surface area contributed by atoms with Gasteiger partial charge in [-0.3, -0.25) is 4.79 Å². The van der Waals surface area contributed by atoms with E-state index in [2.05, 4.69) is 0 Å². The number of fused-ring (bicyclic) bond motifs is 1. The Balaban J connectivity index is 2.04. The summed E-state index contributed by atoms with van der Waals surface area (Å²) in [5, 5.41) is 0. The Morgan fingerprint density at radius 1 is 1.09 bits per heavy atom. The summed E-state index contributed by atoms with van der Waals surface area (Å²) in [6.07, 6.45) is 4.64. The molecule has 2 nitrogen and oxygen atoms in total. The van der Waals surface area contributed by atoms with Gasteiger partial charge in [-0.25, -0.2) is 0 Å². The first-order chi connectivity index (χ1) is 11.2. The molecule has 0 fully saturated rings. The van der Waals surface area contributed by atoms with Crippen molar-refractivity contribution < 1.29 is 9.53 Å². The van der Waals surface area contributed by atoms with E-state index < -0.39 is 0 Å². The van der Waals surface area contributed by atoms with Crippen LogP contribution >= 0.6 is 0 Å². The van der Waals surface area contributed by atoms with Gasteiger partial charge in [0.1, 0.15) is 0 Å². The Morgan fingerprint density at radius 3 is 2.52 bits per heavy atom. The van der Waals surface area contributed by atoms with E-state index in [1.807, 2.05) is 73.7 Å². The molecule has 0 radical (unpaired) electrons. The fourth-order valence-corrected chi connectivity index (χ4v) is 2.94. The lowest BCUT2D eigenvalue weighted by molar-refractivity contribution is 0.103. The van der Waals surface area contributed by atoms with Gasteiger partial charge in [0.05, 0.1) is 6.10 Å². The maximum absolute atomic E-state index is 13.0. The average molecular weight is 304 g/mol. The minimum absolute atomic E-state index is 0.0739. The van der Waals surface area contributed by atoms with Crippen molar-refractivity contribution in [1.29, 1.82) is 0 Å². The van der Waals surface area contributed by atoms with Crippen molar-refractivity contribution in [2.24, 2.45) is 0 Å². The smallest absolute Gasteiger partial charge is 0.193 e. The van der Waals surface area contributed by atoms with Crippen LogP contribution in [0, 0.1) is 0 Å². The summed E-state index contributed by atoms with van der Waals surface area (Å²) >= 11 is 0. The number of Topliss-reactive ketones (excluding diaryl/α,β-unsaturated/α-hetero) is 1. The van der Waals surface area contributed by atoms with Gasteiger partial charge in [-0.05, 0) is 29.7 Å². The number of benzene rings is 2. The van der Waals surface area contributed by atoms with Gasteiger partial charge >= 0.3 is 0 Å². The molecule has 1 unspecified atom stereocenters. The SMILES string of the molecule is COC1C=C(/C(C)=C/c2ccccc2)C(=O)c2ccccc2C1. The summed E-state index contributed by atoms with van der Waals surface area (Å²) in [6, 6.07) is 17.8. The van der Waals surface area contributed by atoms with Crippen molar-refractivity contribution in [2.75, 3.05) is 7.11 Å². The summed E-state index contributed by atoms with van der Waals surface area (Å²) in [5.74, 6) is 0.0739. The topological polar surface area (TPSA) is 26.3 Å².